The first-order valence-electron chi connectivity index (χ1n) is 15.9. The van der Waals surface area contributed by atoms with E-state index in [9.17, 15) is 0 Å². The summed E-state index contributed by atoms with van der Waals surface area (Å²) in [4.78, 5) is 2.32. The van der Waals surface area contributed by atoms with E-state index in [1.807, 2.05) is 18.2 Å². The number of aromatic nitrogens is 1. The fraction of sp³-hybridized carbons (Fsp3) is 0.116. The second kappa shape index (κ2) is 10.8. The molecule has 3 nitrogen and oxygen atoms in total. The molecule has 0 saturated carbocycles. The Hall–Kier alpha value is -5.54. The lowest BCUT2D eigenvalue weighted by Crippen LogP contribution is -2.21. The van der Waals surface area contributed by atoms with Gasteiger partial charge in [0.25, 0.3) is 0 Å². The van der Waals surface area contributed by atoms with Crippen molar-refractivity contribution in [1.82, 2.24) is 4.57 Å². The van der Waals surface area contributed by atoms with Crippen LogP contribution in [0.5, 0.6) is 0 Å². The normalized spacial score (nSPS) is 12.0. The monoisotopic (exact) mass is 596 g/mol. The molecule has 0 unspecified atom stereocenters. The molecule has 0 fully saturated rings. The Labute approximate surface area is 269 Å². The van der Waals surface area contributed by atoms with Crippen LogP contribution < -0.4 is 4.90 Å². The van der Waals surface area contributed by atoms with Gasteiger partial charge in [-0.25, -0.2) is 0 Å². The van der Waals surface area contributed by atoms with Crippen molar-refractivity contribution >= 4 is 60.8 Å². The van der Waals surface area contributed by atoms with Crippen LogP contribution in [-0.4, -0.2) is 4.57 Å². The van der Waals surface area contributed by atoms with Crippen LogP contribution in [0.15, 0.2) is 151 Å². The number of hydrogen-bond acceptors (Lipinski definition) is 2. The second-order valence-corrected chi connectivity index (χ2v) is 13.1. The van der Waals surface area contributed by atoms with Gasteiger partial charge in [-0.15, -0.1) is 6.58 Å². The van der Waals surface area contributed by atoms with Crippen LogP contribution in [0.1, 0.15) is 26.3 Å². The molecule has 0 amide bonds. The minimum Gasteiger partial charge on any atom is -0.454 e. The summed E-state index contributed by atoms with van der Waals surface area (Å²) in [6.45, 7) is 10.8. The summed E-state index contributed by atoms with van der Waals surface area (Å²) >= 11 is 0. The molecule has 8 aromatic rings. The lowest BCUT2D eigenvalue weighted by atomic mass is 10.0. The first kappa shape index (κ1) is 28.0. The third-order valence-electron chi connectivity index (χ3n) is 8.95. The van der Waals surface area contributed by atoms with Crippen LogP contribution in [0.3, 0.4) is 0 Å². The highest BCUT2D eigenvalue weighted by molar-refractivity contribution is 6.11. The molecule has 224 valence electrons. The van der Waals surface area contributed by atoms with E-state index >= 15 is 0 Å². The molecule has 0 aliphatic heterocycles. The van der Waals surface area contributed by atoms with E-state index in [-0.39, 0.29) is 5.54 Å². The third kappa shape index (κ3) is 4.59. The molecule has 0 saturated heterocycles. The maximum absolute atomic E-state index is 6.56. The van der Waals surface area contributed by atoms with E-state index in [0.29, 0.717) is 0 Å². The van der Waals surface area contributed by atoms with Gasteiger partial charge in [0.2, 0.25) is 0 Å². The van der Waals surface area contributed by atoms with Crippen LogP contribution in [0.2, 0.25) is 0 Å². The Kier molecular flexibility index (Phi) is 6.58. The zero-order valence-electron chi connectivity index (χ0n) is 26.5. The minimum absolute atomic E-state index is 0.0406. The number of allylic oxidation sites excluding steroid dienone is 1. The average Bonchev–Trinajstić information content (AvgIpc) is 3.62. The highest BCUT2D eigenvalue weighted by atomic mass is 16.3. The Morgan fingerprint density at radius 3 is 2.13 bits per heavy atom. The number of anilines is 3. The Morgan fingerprint density at radius 2 is 1.30 bits per heavy atom. The molecule has 2 heterocycles. The van der Waals surface area contributed by atoms with Gasteiger partial charge in [-0.2, -0.15) is 0 Å². The molecule has 0 radical (unpaired) electrons. The van der Waals surface area contributed by atoms with Gasteiger partial charge in [0, 0.05) is 49.5 Å². The number of fused-ring (bicyclic) bond motifs is 6. The van der Waals surface area contributed by atoms with Gasteiger partial charge in [0.05, 0.1) is 5.69 Å². The molecule has 3 heteroatoms. The molecular weight excluding hydrogens is 560 g/mol. The maximum atomic E-state index is 6.56. The van der Waals surface area contributed by atoms with Gasteiger partial charge in [-0.05, 0) is 98.5 Å². The summed E-state index contributed by atoms with van der Waals surface area (Å²) in [5, 5.41) is 4.78. The van der Waals surface area contributed by atoms with Gasteiger partial charge >= 0.3 is 0 Å². The van der Waals surface area contributed by atoms with Crippen LogP contribution in [0, 0.1) is 0 Å². The molecule has 0 aliphatic carbocycles. The molecule has 0 atom stereocenters. The molecule has 6 aromatic carbocycles. The maximum Gasteiger partial charge on any atom is 0.159 e. The predicted octanol–water partition coefficient (Wildman–Crippen LogP) is 12.3. The van der Waals surface area contributed by atoms with Crippen LogP contribution in [-0.2, 0) is 12.0 Å². The number of nitrogens with zero attached hydrogens (tertiary/aromatic N) is 2. The van der Waals surface area contributed by atoms with Crippen molar-refractivity contribution in [3.63, 3.8) is 0 Å². The van der Waals surface area contributed by atoms with Crippen LogP contribution in [0.25, 0.3) is 54.9 Å². The number of rotatable bonds is 6. The third-order valence-corrected chi connectivity index (χ3v) is 8.95. The van der Waals surface area contributed by atoms with E-state index in [4.69, 9.17) is 4.42 Å². The molecule has 0 aliphatic rings. The Morgan fingerprint density at radius 1 is 0.630 bits per heavy atom. The van der Waals surface area contributed by atoms with Crippen molar-refractivity contribution in [3.05, 3.63) is 152 Å². The molecule has 0 bridgehead atoms. The number of benzene rings is 6. The molecular formula is C43H36N2O. The number of para-hydroxylation sites is 3. The van der Waals surface area contributed by atoms with Crippen molar-refractivity contribution in [2.45, 2.75) is 32.7 Å². The van der Waals surface area contributed by atoms with Crippen molar-refractivity contribution in [2.24, 2.45) is 0 Å². The predicted molar refractivity (Wildman–Crippen MR) is 196 cm³/mol. The lowest BCUT2D eigenvalue weighted by Gasteiger charge is -2.26. The summed E-state index contributed by atoms with van der Waals surface area (Å²) in [7, 11) is 0. The smallest absolute Gasteiger partial charge is 0.159 e. The lowest BCUT2D eigenvalue weighted by molar-refractivity contribution is 0.423. The number of hydrogen-bond donors (Lipinski definition) is 0. The van der Waals surface area contributed by atoms with Crippen molar-refractivity contribution < 1.29 is 4.42 Å². The molecule has 0 N–H and O–H groups in total. The standard InChI is InChI=1S/C43H36N2O/c1-5-13-29-14-10-16-32(26-29)44(40-22-12-20-36-35-19-7-9-23-41(35)46-42(36)40)33-17-11-15-30(27-33)31-24-25-39-37(28-31)34-18-6-8-21-38(34)45(39)43(2,3)4/h5-12,14-28H,1,13H2,2-4H3. The van der Waals surface area contributed by atoms with Crippen LogP contribution in [0.4, 0.5) is 17.1 Å². The average molecular weight is 597 g/mol. The second-order valence-electron chi connectivity index (χ2n) is 13.1. The molecule has 2 aromatic heterocycles. The summed E-state index contributed by atoms with van der Waals surface area (Å²) < 4.78 is 9.02. The van der Waals surface area contributed by atoms with Gasteiger partial charge in [0.15, 0.2) is 5.58 Å². The summed E-state index contributed by atoms with van der Waals surface area (Å²) in [5.74, 6) is 0. The zero-order chi connectivity index (χ0) is 31.4. The van der Waals surface area contributed by atoms with Crippen molar-refractivity contribution in [1.29, 1.82) is 0 Å². The Balaban J connectivity index is 1.33. The zero-order valence-corrected chi connectivity index (χ0v) is 26.5. The quantitative estimate of drug-likeness (QED) is 0.178. The SMILES string of the molecule is C=CCc1cccc(N(c2cccc(-c3ccc4c(c3)c3ccccc3n4C(C)(C)C)c2)c2cccc3c2oc2ccccc23)c1. The molecule has 46 heavy (non-hydrogen) atoms. The summed E-state index contributed by atoms with van der Waals surface area (Å²) in [6.07, 6.45) is 2.76. The van der Waals surface area contributed by atoms with E-state index in [2.05, 4.69) is 158 Å². The van der Waals surface area contributed by atoms with E-state index in [1.165, 1.54) is 32.9 Å². The fourth-order valence-corrected chi connectivity index (χ4v) is 7.02. The topological polar surface area (TPSA) is 21.3 Å². The molecule has 8 rings (SSSR count). The van der Waals surface area contributed by atoms with Gasteiger partial charge in [-0.3, -0.25) is 0 Å². The van der Waals surface area contributed by atoms with E-state index in [0.717, 1.165) is 51.0 Å². The fourth-order valence-electron chi connectivity index (χ4n) is 7.02. The van der Waals surface area contributed by atoms with Gasteiger partial charge in [-0.1, -0.05) is 84.9 Å². The van der Waals surface area contributed by atoms with Crippen molar-refractivity contribution in [2.75, 3.05) is 4.90 Å². The van der Waals surface area contributed by atoms with E-state index < -0.39 is 0 Å². The first-order valence-corrected chi connectivity index (χ1v) is 15.9. The minimum atomic E-state index is -0.0406. The van der Waals surface area contributed by atoms with E-state index in [1.54, 1.807) is 0 Å². The summed E-state index contributed by atoms with van der Waals surface area (Å²) in [6, 6.07) is 47.9. The molecule has 0 spiro atoms. The Bertz CT molecular complexity index is 2420. The van der Waals surface area contributed by atoms with Crippen molar-refractivity contribution in [3.8, 4) is 11.1 Å². The highest BCUT2D eigenvalue weighted by Gasteiger charge is 2.22. The first-order chi connectivity index (χ1) is 22.4. The van der Waals surface area contributed by atoms with Gasteiger partial charge < -0.3 is 13.9 Å². The largest absolute Gasteiger partial charge is 0.454 e. The number of furan rings is 1. The highest BCUT2D eigenvalue weighted by Crippen LogP contribution is 2.43. The van der Waals surface area contributed by atoms with Crippen LogP contribution >= 0.6 is 0 Å². The summed E-state index contributed by atoms with van der Waals surface area (Å²) in [5.41, 5.74) is 11.0. The van der Waals surface area contributed by atoms with Gasteiger partial charge in [0.1, 0.15) is 5.58 Å².